The highest BCUT2D eigenvalue weighted by Gasteiger charge is 2.31. The summed E-state index contributed by atoms with van der Waals surface area (Å²) >= 11 is 0. The fourth-order valence-corrected chi connectivity index (χ4v) is 2.90. The number of hydrogen-bond acceptors (Lipinski definition) is 5. The smallest absolute Gasteiger partial charge is 0.330 e. The number of aromatic nitrogens is 2. The molecule has 0 saturated carbocycles. The highest BCUT2D eigenvalue weighted by Crippen LogP contribution is 2.20. The third kappa shape index (κ3) is 3.42. The first-order valence-electron chi connectivity index (χ1n) is 7.12. The summed E-state index contributed by atoms with van der Waals surface area (Å²) in [6.45, 7) is 1.91. The third-order valence-corrected chi connectivity index (χ3v) is 4.07. The lowest BCUT2D eigenvalue weighted by atomic mass is 10.2. The van der Waals surface area contributed by atoms with Crippen molar-refractivity contribution in [2.24, 2.45) is 14.1 Å². The monoisotopic (exact) mass is 296 g/mol. The minimum atomic E-state index is -0.349. The molecular weight excluding hydrogens is 272 g/mol. The lowest BCUT2D eigenvalue weighted by molar-refractivity contribution is 0.167. The zero-order valence-corrected chi connectivity index (χ0v) is 13.1. The van der Waals surface area contributed by atoms with E-state index in [4.69, 9.17) is 0 Å². The van der Waals surface area contributed by atoms with Gasteiger partial charge in [-0.25, -0.2) is 4.79 Å². The Balaban J connectivity index is 2.25. The minimum absolute atomic E-state index is 0.231. The van der Waals surface area contributed by atoms with E-state index < -0.39 is 0 Å². The number of likely N-dealkylation sites (tertiary alicyclic amines) is 1. The van der Waals surface area contributed by atoms with Crippen LogP contribution in [-0.4, -0.2) is 63.4 Å². The molecule has 1 aliphatic heterocycles. The minimum Gasteiger partial charge on any atom is -0.392 e. The van der Waals surface area contributed by atoms with Gasteiger partial charge in [0, 0.05) is 51.5 Å². The maximum atomic E-state index is 12.0. The molecule has 1 aliphatic rings. The van der Waals surface area contributed by atoms with Crippen molar-refractivity contribution in [3.05, 3.63) is 32.6 Å². The molecule has 118 valence electrons. The van der Waals surface area contributed by atoms with E-state index >= 15 is 0 Å². The van der Waals surface area contributed by atoms with E-state index in [1.54, 1.807) is 7.05 Å². The van der Waals surface area contributed by atoms with Crippen molar-refractivity contribution in [1.29, 1.82) is 0 Å². The van der Waals surface area contributed by atoms with Gasteiger partial charge in [-0.3, -0.25) is 18.8 Å². The van der Waals surface area contributed by atoms with Gasteiger partial charge in [-0.2, -0.15) is 0 Å². The van der Waals surface area contributed by atoms with Gasteiger partial charge in [-0.05, 0) is 20.5 Å². The molecule has 0 aromatic carbocycles. The predicted octanol–water partition coefficient (Wildman–Crippen LogP) is -1.42. The molecule has 2 rings (SSSR count). The highest BCUT2D eigenvalue weighted by atomic mass is 16.3. The van der Waals surface area contributed by atoms with Crippen LogP contribution in [0.1, 0.15) is 12.1 Å². The van der Waals surface area contributed by atoms with Gasteiger partial charge in [0.2, 0.25) is 0 Å². The van der Waals surface area contributed by atoms with E-state index in [9.17, 15) is 14.7 Å². The van der Waals surface area contributed by atoms with Crippen molar-refractivity contribution in [2.45, 2.75) is 25.1 Å². The van der Waals surface area contributed by atoms with E-state index in [1.807, 2.05) is 14.1 Å². The average molecular weight is 296 g/mol. The summed E-state index contributed by atoms with van der Waals surface area (Å²) in [7, 11) is 7.14. The molecule has 7 heteroatoms. The summed E-state index contributed by atoms with van der Waals surface area (Å²) < 4.78 is 2.60. The summed E-state index contributed by atoms with van der Waals surface area (Å²) in [6, 6.07) is 1.73. The van der Waals surface area contributed by atoms with E-state index in [2.05, 4.69) is 9.80 Å². The number of β-amino-alcohol motifs (C(OH)–C–C–N with tert-alkyl or cyclic N) is 1. The normalized spacial score (nSPS) is 23.1. The van der Waals surface area contributed by atoms with Gasteiger partial charge in [0.05, 0.1) is 6.10 Å². The van der Waals surface area contributed by atoms with Gasteiger partial charge in [-0.15, -0.1) is 0 Å². The number of rotatable bonds is 4. The Hall–Kier alpha value is -1.44. The van der Waals surface area contributed by atoms with Crippen molar-refractivity contribution >= 4 is 0 Å². The zero-order chi connectivity index (χ0) is 15.7. The quantitative estimate of drug-likeness (QED) is 0.738. The van der Waals surface area contributed by atoms with Crippen molar-refractivity contribution in [1.82, 2.24) is 18.9 Å². The molecule has 1 N–H and O–H groups in total. The van der Waals surface area contributed by atoms with E-state index in [0.717, 1.165) is 17.5 Å². The van der Waals surface area contributed by atoms with Crippen molar-refractivity contribution < 1.29 is 5.11 Å². The fraction of sp³-hybridized carbons (Fsp3) is 0.714. The Kier molecular flexibility index (Phi) is 4.65. The van der Waals surface area contributed by atoms with Crippen LogP contribution in [0.2, 0.25) is 0 Å². The zero-order valence-electron chi connectivity index (χ0n) is 13.1. The molecule has 0 spiro atoms. The molecule has 21 heavy (non-hydrogen) atoms. The standard InChI is InChI=1S/C14H24N4O3/c1-15(2)7-11-5-12(19)9-18(11)8-10-6-13(20)17(4)14(21)16(10)3/h6,11-12,19H,5,7-9H2,1-4H3. The Morgan fingerprint density at radius 1 is 1.29 bits per heavy atom. The highest BCUT2D eigenvalue weighted by molar-refractivity contribution is 5.04. The van der Waals surface area contributed by atoms with Gasteiger partial charge in [-0.1, -0.05) is 0 Å². The topological polar surface area (TPSA) is 70.7 Å². The summed E-state index contributed by atoms with van der Waals surface area (Å²) in [6.07, 6.45) is 0.371. The van der Waals surface area contributed by atoms with E-state index in [1.165, 1.54) is 17.7 Å². The second-order valence-electron chi connectivity index (χ2n) is 6.11. The molecule has 2 atom stereocenters. The fourth-order valence-electron chi connectivity index (χ4n) is 2.90. The number of aliphatic hydroxyl groups excluding tert-OH is 1. The molecule has 7 nitrogen and oxygen atoms in total. The van der Waals surface area contributed by atoms with E-state index in [-0.39, 0.29) is 23.4 Å². The number of nitrogens with zero attached hydrogens (tertiary/aromatic N) is 4. The lowest BCUT2D eigenvalue weighted by Gasteiger charge is -2.27. The van der Waals surface area contributed by atoms with Crippen LogP contribution in [0.5, 0.6) is 0 Å². The molecule has 0 amide bonds. The van der Waals surface area contributed by atoms with Crippen LogP contribution in [0, 0.1) is 0 Å². The van der Waals surface area contributed by atoms with Crippen LogP contribution in [0.25, 0.3) is 0 Å². The van der Waals surface area contributed by atoms with Crippen LogP contribution in [0.15, 0.2) is 15.7 Å². The van der Waals surface area contributed by atoms with Crippen LogP contribution < -0.4 is 11.2 Å². The Morgan fingerprint density at radius 3 is 2.57 bits per heavy atom. The second kappa shape index (κ2) is 6.13. The number of hydrogen-bond donors (Lipinski definition) is 1. The van der Waals surface area contributed by atoms with Gasteiger partial charge in [0.15, 0.2) is 0 Å². The van der Waals surface area contributed by atoms with Crippen molar-refractivity contribution in [2.75, 3.05) is 27.2 Å². The molecule has 2 unspecified atom stereocenters. The van der Waals surface area contributed by atoms with Crippen LogP contribution in [0.4, 0.5) is 0 Å². The first-order valence-corrected chi connectivity index (χ1v) is 7.12. The maximum Gasteiger partial charge on any atom is 0.330 e. The summed E-state index contributed by atoms with van der Waals surface area (Å²) in [5.41, 5.74) is 0.0689. The molecule has 1 fully saturated rings. The first-order chi connectivity index (χ1) is 9.79. The third-order valence-electron chi connectivity index (χ3n) is 4.07. The molecule has 0 radical (unpaired) electrons. The molecule has 2 heterocycles. The Morgan fingerprint density at radius 2 is 1.95 bits per heavy atom. The van der Waals surface area contributed by atoms with Crippen LogP contribution in [0.3, 0.4) is 0 Å². The van der Waals surface area contributed by atoms with Gasteiger partial charge < -0.3 is 10.0 Å². The number of aliphatic hydroxyl groups is 1. The largest absolute Gasteiger partial charge is 0.392 e. The van der Waals surface area contributed by atoms with Gasteiger partial charge >= 0.3 is 5.69 Å². The molecule has 1 aromatic heterocycles. The SMILES string of the molecule is CN(C)CC1CC(O)CN1Cc1cc(=O)n(C)c(=O)n1C. The van der Waals surface area contributed by atoms with Gasteiger partial charge in [0.25, 0.3) is 5.56 Å². The van der Waals surface area contributed by atoms with Crippen LogP contribution >= 0.6 is 0 Å². The number of likely N-dealkylation sites (N-methyl/N-ethyl adjacent to an activating group) is 1. The molecule has 1 saturated heterocycles. The Bertz CT molecular complexity index is 620. The average Bonchev–Trinajstić information content (AvgIpc) is 2.72. The molecule has 1 aromatic rings. The molecular formula is C14H24N4O3. The van der Waals surface area contributed by atoms with Crippen molar-refractivity contribution in [3.63, 3.8) is 0 Å². The molecule has 0 bridgehead atoms. The second-order valence-corrected chi connectivity index (χ2v) is 6.11. The van der Waals surface area contributed by atoms with Crippen LogP contribution in [-0.2, 0) is 20.6 Å². The Labute approximate surface area is 124 Å². The van der Waals surface area contributed by atoms with Gasteiger partial charge in [0.1, 0.15) is 0 Å². The van der Waals surface area contributed by atoms with E-state index in [0.29, 0.717) is 18.8 Å². The molecule has 0 aliphatic carbocycles. The lowest BCUT2D eigenvalue weighted by Crippen LogP contribution is -2.42. The summed E-state index contributed by atoms with van der Waals surface area (Å²) in [5, 5.41) is 9.89. The van der Waals surface area contributed by atoms with Crippen molar-refractivity contribution in [3.8, 4) is 0 Å². The maximum absolute atomic E-state index is 12.0. The summed E-state index contributed by atoms with van der Waals surface area (Å²) in [5.74, 6) is 0. The first kappa shape index (κ1) is 15.9. The summed E-state index contributed by atoms with van der Waals surface area (Å²) in [4.78, 5) is 28.0. The predicted molar refractivity (Wildman–Crippen MR) is 80.3 cm³/mol.